The average molecular weight is 202 g/mol. The molecule has 0 aliphatic carbocycles. The Morgan fingerprint density at radius 1 is 1.29 bits per heavy atom. The van der Waals surface area contributed by atoms with Gasteiger partial charge < -0.3 is 15.4 Å². The number of carbonyl (C=O) groups excluding carboxylic acids is 1. The van der Waals surface area contributed by atoms with Crippen LogP contribution in [-0.4, -0.2) is 31.3 Å². The summed E-state index contributed by atoms with van der Waals surface area (Å²) < 4.78 is 5.44. The zero-order chi connectivity index (χ0) is 11.0. The van der Waals surface area contributed by atoms with E-state index < -0.39 is 0 Å². The first-order valence-electron chi connectivity index (χ1n) is 5.17. The maximum atomic E-state index is 11.2. The van der Waals surface area contributed by atoms with Crippen LogP contribution in [0.1, 0.15) is 34.1 Å². The molecular formula is C10H22N2O2. The van der Waals surface area contributed by atoms with Gasteiger partial charge in [0.25, 0.3) is 0 Å². The lowest BCUT2D eigenvalue weighted by Crippen LogP contribution is -2.44. The molecule has 0 aliphatic rings. The SMILES string of the molecule is CCCNC(=O)NCC(C)(C)OCC. The van der Waals surface area contributed by atoms with Crippen LogP contribution in [0.4, 0.5) is 4.79 Å². The van der Waals surface area contributed by atoms with Crippen molar-refractivity contribution in [1.82, 2.24) is 10.6 Å². The highest BCUT2D eigenvalue weighted by Crippen LogP contribution is 2.06. The topological polar surface area (TPSA) is 50.4 Å². The number of hydrogen-bond acceptors (Lipinski definition) is 2. The fraction of sp³-hybridized carbons (Fsp3) is 0.900. The Labute approximate surface area is 86.4 Å². The molecule has 0 aliphatic heterocycles. The Hall–Kier alpha value is -0.770. The molecule has 4 heteroatoms. The van der Waals surface area contributed by atoms with Gasteiger partial charge in [0.15, 0.2) is 0 Å². The van der Waals surface area contributed by atoms with Crippen LogP contribution in [-0.2, 0) is 4.74 Å². The number of hydrogen-bond donors (Lipinski definition) is 2. The summed E-state index contributed by atoms with van der Waals surface area (Å²) >= 11 is 0. The smallest absolute Gasteiger partial charge is 0.314 e. The minimum atomic E-state index is -0.293. The van der Waals surface area contributed by atoms with Gasteiger partial charge in [0.1, 0.15) is 0 Å². The molecule has 2 amide bonds. The van der Waals surface area contributed by atoms with Crippen molar-refractivity contribution in [2.24, 2.45) is 0 Å². The number of urea groups is 1. The summed E-state index contributed by atoms with van der Waals surface area (Å²) in [6, 6.07) is -0.125. The van der Waals surface area contributed by atoms with Crippen molar-refractivity contribution >= 4 is 6.03 Å². The van der Waals surface area contributed by atoms with Crippen molar-refractivity contribution in [1.29, 1.82) is 0 Å². The molecule has 4 nitrogen and oxygen atoms in total. The van der Waals surface area contributed by atoms with Gasteiger partial charge in [-0.2, -0.15) is 0 Å². The van der Waals surface area contributed by atoms with Gasteiger partial charge >= 0.3 is 6.03 Å². The van der Waals surface area contributed by atoms with Crippen molar-refractivity contribution in [2.75, 3.05) is 19.7 Å². The molecule has 0 radical (unpaired) electrons. The summed E-state index contributed by atoms with van der Waals surface area (Å²) in [4.78, 5) is 11.2. The molecule has 0 unspecified atom stereocenters. The molecule has 0 heterocycles. The Morgan fingerprint density at radius 3 is 2.43 bits per heavy atom. The van der Waals surface area contributed by atoms with Gasteiger partial charge in [0.05, 0.1) is 5.60 Å². The van der Waals surface area contributed by atoms with E-state index in [1.807, 2.05) is 27.7 Å². The molecular weight excluding hydrogens is 180 g/mol. The van der Waals surface area contributed by atoms with Gasteiger partial charge in [-0.05, 0) is 27.2 Å². The molecule has 0 saturated carbocycles. The zero-order valence-electron chi connectivity index (χ0n) is 9.64. The third-order valence-electron chi connectivity index (χ3n) is 1.75. The standard InChI is InChI=1S/C10H22N2O2/c1-5-7-11-9(13)12-8-10(3,4)14-6-2/h5-8H2,1-4H3,(H2,11,12,13). The van der Waals surface area contributed by atoms with Crippen molar-refractivity contribution in [3.8, 4) is 0 Å². The van der Waals surface area contributed by atoms with Gasteiger partial charge in [-0.25, -0.2) is 4.79 Å². The molecule has 2 N–H and O–H groups in total. The molecule has 0 bridgehead atoms. The highest BCUT2D eigenvalue weighted by molar-refractivity contribution is 5.73. The third-order valence-corrected chi connectivity index (χ3v) is 1.75. The van der Waals surface area contributed by atoms with Crippen LogP contribution in [0.2, 0.25) is 0 Å². The molecule has 0 aromatic heterocycles. The second kappa shape index (κ2) is 6.65. The van der Waals surface area contributed by atoms with Crippen LogP contribution in [0.15, 0.2) is 0 Å². The maximum absolute atomic E-state index is 11.2. The third kappa shape index (κ3) is 6.71. The lowest BCUT2D eigenvalue weighted by atomic mass is 10.1. The van der Waals surface area contributed by atoms with Crippen molar-refractivity contribution < 1.29 is 9.53 Å². The summed E-state index contributed by atoms with van der Waals surface area (Å²) in [5, 5.41) is 5.51. The molecule has 0 aromatic carbocycles. The summed E-state index contributed by atoms with van der Waals surface area (Å²) in [6.07, 6.45) is 0.947. The highest BCUT2D eigenvalue weighted by atomic mass is 16.5. The normalized spacial score (nSPS) is 11.1. The van der Waals surface area contributed by atoms with Crippen LogP contribution < -0.4 is 10.6 Å². The monoisotopic (exact) mass is 202 g/mol. The van der Waals surface area contributed by atoms with E-state index in [9.17, 15) is 4.79 Å². The quantitative estimate of drug-likeness (QED) is 0.686. The first-order valence-corrected chi connectivity index (χ1v) is 5.17. The van der Waals surface area contributed by atoms with E-state index in [1.54, 1.807) is 0 Å². The van der Waals surface area contributed by atoms with E-state index in [-0.39, 0.29) is 11.6 Å². The van der Waals surface area contributed by atoms with Crippen LogP contribution in [0.3, 0.4) is 0 Å². The van der Waals surface area contributed by atoms with Crippen LogP contribution in [0.5, 0.6) is 0 Å². The van der Waals surface area contributed by atoms with Crippen LogP contribution >= 0.6 is 0 Å². The summed E-state index contributed by atoms with van der Waals surface area (Å²) in [5.41, 5.74) is -0.293. The van der Waals surface area contributed by atoms with E-state index in [1.165, 1.54) is 0 Å². The van der Waals surface area contributed by atoms with Crippen molar-refractivity contribution in [2.45, 2.75) is 39.7 Å². The molecule has 0 fully saturated rings. The summed E-state index contributed by atoms with van der Waals surface area (Å²) in [6.45, 7) is 9.76. The Bertz CT molecular complexity index is 170. The van der Waals surface area contributed by atoms with Crippen molar-refractivity contribution in [3.05, 3.63) is 0 Å². The Kier molecular flexibility index (Phi) is 6.28. The number of rotatable bonds is 6. The molecule has 0 aromatic rings. The lowest BCUT2D eigenvalue weighted by Gasteiger charge is -2.24. The Morgan fingerprint density at radius 2 is 1.93 bits per heavy atom. The number of ether oxygens (including phenoxy) is 1. The summed E-state index contributed by atoms with van der Waals surface area (Å²) in [5.74, 6) is 0. The zero-order valence-corrected chi connectivity index (χ0v) is 9.64. The van der Waals surface area contributed by atoms with Crippen molar-refractivity contribution in [3.63, 3.8) is 0 Å². The second-order valence-corrected chi connectivity index (χ2v) is 3.80. The van der Waals surface area contributed by atoms with Crippen LogP contribution in [0, 0.1) is 0 Å². The summed E-state index contributed by atoms with van der Waals surface area (Å²) in [7, 11) is 0. The van der Waals surface area contributed by atoms with Gasteiger partial charge in [-0.1, -0.05) is 6.92 Å². The Balaban J connectivity index is 3.64. The molecule has 84 valence electrons. The minimum absolute atomic E-state index is 0.125. The largest absolute Gasteiger partial charge is 0.374 e. The predicted octanol–water partition coefficient (Wildman–Crippen LogP) is 1.51. The van der Waals surface area contributed by atoms with E-state index in [4.69, 9.17) is 4.74 Å². The van der Waals surface area contributed by atoms with Gasteiger partial charge in [0.2, 0.25) is 0 Å². The maximum Gasteiger partial charge on any atom is 0.314 e. The first-order chi connectivity index (χ1) is 6.52. The van der Waals surface area contributed by atoms with Crippen LogP contribution in [0.25, 0.3) is 0 Å². The van der Waals surface area contributed by atoms with Gasteiger partial charge in [0, 0.05) is 19.7 Å². The molecule has 0 atom stereocenters. The van der Waals surface area contributed by atoms with Gasteiger partial charge in [-0.15, -0.1) is 0 Å². The molecule has 14 heavy (non-hydrogen) atoms. The number of amides is 2. The average Bonchev–Trinajstić information content (AvgIpc) is 2.11. The molecule has 0 rings (SSSR count). The minimum Gasteiger partial charge on any atom is -0.374 e. The van der Waals surface area contributed by atoms with E-state index in [2.05, 4.69) is 10.6 Å². The lowest BCUT2D eigenvalue weighted by molar-refractivity contribution is -0.00689. The van der Waals surface area contributed by atoms with Gasteiger partial charge in [-0.3, -0.25) is 0 Å². The molecule has 0 spiro atoms. The van der Waals surface area contributed by atoms with E-state index in [0.29, 0.717) is 19.7 Å². The fourth-order valence-corrected chi connectivity index (χ4v) is 1.04. The second-order valence-electron chi connectivity index (χ2n) is 3.80. The molecule has 0 saturated heterocycles. The number of nitrogens with one attached hydrogen (secondary N) is 2. The fourth-order valence-electron chi connectivity index (χ4n) is 1.04. The highest BCUT2D eigenvalue weighted by Gasteiger charge is 2.17. The predicted molar refractivity (Wildman–Crippen MR) is 57.4 cm³/mol. The first kappa shape index (κ1) is 13.2. The van der Waals surface area contributed by atoms with E-state index in [0.717, 1.165) is 6.42 Å². The van der Waals surface area contributed by atoms with E-state index >= 15 is 0 Å². The number of carbonyl (C=O) groups is 1.